The van der Waals surface area contributed by atoms with E-state index in [9.17, 15) is 4.79 Å². The Morgan fingerprint density at radius 1 is 1.26 bits per heavy atom. The van der Waals surface area contributed by atoms with Gasteiger partial charge >= 0.3 is 0 Å². The second-order valence-electron chi connectivity index (χ2n) is 3.54. The molecule has 0 saturated heterocycles. The average Bonchev–Trinajstić information content (AvgIpc) is 2.87. The molecule has 1 amide bonds. The number of nitrogens with two attached hydrogens (primary N) is 1. The standard InChI is InChI=1S/C12H13N3O2.2ClH/c1-15(9-4-6-14-7-5-9)12(16)11-3-2-10(8-13)17-11;;/h2-7H,8,13H2,1H3;2*1H. The number of hydrogen-bond donors (Lipinski definition) is 1. The molecule has 0 aliphatic rings. The van der Waals surface area contributed by atoms with E-state index in [4.69, 9.17) is 10.2 Å². The lowest BCUT2D eigenvalue weighted by Crippen LogP contribution is -2.25. The van der Waals surface area contributed by atoms with Crippen LogP contribution in [-0.2, 0) is 6.54 Å². The van der Waals surface area contributed by atoms with Gasteiger partial charge in [0.05, 0.1) is 6.54 Å². The quantitative estimate of drug-likeness (QED) is 0.944. The number of anilines is 1. The number of halogens is 2. The number of hydrogen-bond acceptors (Lipinski definition) is 4. The first-order valence-corrected chi connectivity index (χ1v) is 5.19. The summed E-state index contributed by atoms with van der Waals surface area (Å²) in [5, 5.41) is 0. The third-order valence-electron chi connectivity index (χ3n) is 2.43. The van der Waals surface area contributed by atoms with E-state index in [0.29, 0.717) is 5.76 Å². The van der Waals surface area contributed by atoms with Gasteiger partial charge in [-0.05, 0) is 24.3 Å². The van der Waals surface area contributed by atoms with Crippen molar-refractivity contribution >= 4 is 36.4 Å². The molecule has 104 valence electrons. The zero-order valence-corrected chi connectivity index (χ0v) is 11.9. The van der Waals surface area contributed by atoms with Crippen molar-refractivity contribution in [1.82, 2.24) is 4.98 Å². The summed E-state index contributed by atoms with van der Waals surface area (Å²) in [5.74, 6) is 0.664. The van der Waals surface area contributed by atoms with Gasteiger partial charge in [0.2, 0.25) is 0 Å². The van der Waals surface area contributed by atoms with Crippen LogP contribution in [0.15, 0.2) is 41.1 Å². The SMILES string of the molecule is CN(C(=O)c1ccc(CN)o1)c1ccncc1.Cl.Cl. The molecule has 2 aromatic heterocycles. The van der Waals surface area contributed by atoms with Crippen molar-refractivity contribution in [3.63, 3.8) is 0 Å². The molecule has 0 saturated carbocycles. The van der Waals surface area contributed by atoms with Crippen molar-refractivity contribution in [2.45, 2.75) is 6.54 Å². The predicted molar refractivity (Wildman–Crippen MR) is 78.1 cm³/mol. The molecular formula is C12H15Cl2N3O2. The summed E-state index contributed by atoms with van der Waals surface area (Å²) in [6.45, 7) is 0.284. The van der Waals surface area contributed by atoms with E-state index in [1.807, 2.05) is 0 Å². The summed E-state index contributed by atoms with van der Waals surface area (Å²) >= 11 is 0. The topological polar surface area (TPSA) is 72.4 Å². The lowest BCUT2D eigenvalue weighted by atomic mass is 10.3. The molecule has 0 atom stereocenters. The van der Waals surface area contributed by atoms with Gasteiger partial charge in [-0.15, -0.1) is 24.8 Å². The van der Waals surface area contributed by atoms with E-state index >= 15 is 0 Å². The summed E-state index contributed by atoms with van der Waals surface area (Å²) in [6, 6.07) is 6.84. The molecule has 2 aromatic rings. The van der Waals surface area contributed by atoms with Crippen LogP contribution in [-0.4, -0.2) is 17.9 Å². The highest BCUT2D eigenvalue weighted by Crippen LogP contribution is 2.15. The van der Waals surface area contributed by atoms with E-state index in [-0.39, 0.29) is 43.0 Å². The maximum Gasteiger partial charge on any atom is 0.293 e. The normalized spacial score (nSPS) is 9.16. The number of pyridine rings is 1. The van der Waals surface area contributed by atoms with Crippen LogP contribution in [0.25, 0.3) is 0 Å². The van der Waals surface area contributed by atoms with Gasteiger partial charge in [-0.2, -0.15) is 0 Å². The van der Waals surface area contributed by atoms with Gasteiger partial charge in [0.1, 0.15) is 5.76 Å². The molecule has 0 radical (unpaired) electrons. The summed E-state index contributed by atoms with van der Waals surface area (Å²) in [6.07, 6.45) is 3.26. The van der Waals surface area contributed by atoms with Crippen LogP contribution in [0.3, 0.4) is 0 Å². The van der Waals surface area contributed by atoms with Gasteiger partial charge in [-0.1, -0.05) is 0 Å². The summed E-state index contributed by atoms with van der Waals surface area (Å²) in [4.78, 5) is 17.4. The average molecular weight is 304 g/mol. The van der Waals surface area contributed by atoms with Crippen LogP contribution < -0.4 is 10.6 Å². The van der Waals surface area contributed by atoms with Crippen molar-refractivity contribution in [2.24, 2.45) is 5.73 Å². The monoisotopic (exact) mass is 303 g/mol. The third kappa shape index (κ3) is 3.96. The van der Waals surface area contributed by atoms with Gasteiger partial charge in [-0.25, -0.2) is 0 Å². The zero-order valence-electron chi connectivity index (χ0n) is 10.3. The Morgan fingerprint density at radius 2 is 1.89 bits per heavy atom. The number of aromatic nitrogens is 1. The highest BCUT2D eigenvalue weighted by Gasteiger charge is 2.16. The van der Waals surface area contributed by atoms with Gasteiger partial charge in [0.25, 0.3) is 5.91 Å². The van der Waals surface area contributed by atoms with Crippen molar-refractivity contribution < 1.29 is 9.21 Å². The lowest BCUT2D eigenvalue weighted by molar-refractivity contribution is 0.0965. The van der Waals surface area contributed by atoms with E-state index in [0.717, 1.165) is 5.69 Å². The minimum absolute atomic E-state index is 0. The molecule has 7 heteroatoms. The smallest absolute Gasteiger partial charge is 0.293 e. The summed E-state index contributed by atoms with van der Waals surface area (Å²) in [7, 11) is 1.68. The van der Waals surface area contributed by atoms with Crippen molar-refractivity contribution in [3.05, 3.63) is 48.2 Å². The van der Waals surface area contributed by atoms with Crippen LogP contribution in [0.4, 0.5) is 5.69 Å². The second-order valence-corrected chi connectivity index (χ2v) is 3.54. The minimum Gasteiger partial charge on any atom is -0.455 e. The van der Waals surface area contributed by atoms with Gasteiger partial charge < -0.3 is 15.1 Å². The van der Waals surface area contributed by atoms with Crippen LogP contribution in [0, 0.1) is 0 Å². The highest BCUT2D eigenvalue weighted by molar-refractivity contribution is 6.03. The third-order valence-corrected chi connectivity index (χ3v) is 2.43. The number of rotatable bonds is 3. The number of carbonyl (C=O) groups is 1. The number of nitrogens with zero attached hydrogens (tertiary/aromatic N) is 2. The Hall–Kier alpha value is -1.56. The molecule has 2 N–H and O–H groups in total. The zero-order chi connectivity index (χ0) is 12.3. The van der Waals surface area contributed by atoms with E-state index in [1.165, 1.54) is 4.90 Å². The Morgan fingerprint density at radius 3 is 2.42 bits per heavy atom. The maximum absolute atomic E-state index is 12.0. The van der Waals surface area contributed by atoms with Gasteiger partial charge in [0.15, 0.2) is 5.76 Å². The fourth-order valence-corrected chi connectivity index (χ4v) is 1.45. The number of carbonyl (C=O) groups excluding carboxylic acids is 1. The number of furan rings is 1. The molecule has 0 aromatic carbocycles. The largest absolute Gasteiger partial charge is 0.455 e. The van der Waals surface area contributed by atoms with E-state index in [1.54, 1.807) is 43.7 Å². The fraction of sp³-hybridized carbons (Fsp3) is 0.167. The Labute approximate surface area is 123 Å². The van der Waals surface area contributed by atoms with E-state index < -0.39 is 0 Å². The first kappa shape index (κ1) is 17.4. The van der Waals surface area contributed by atoms with Crippen LogP contribution in [0.5, 0.6) is 0 Å². The molecule has 0 bridgehead atoms. The first-order chi connectivity index (χ1) is 8.22. The molecular weight excluding hydrogens is 289 g/mol. The van der Waals surface area contributed by atoms with Crippen LogP contribution in [0.2, 0.25) is 0 Å². The Kier molecular flexibility index (Phi) is 7.14. The molecule has 5 nitrogen and oxygen atoms in total. The van der Waals surface area contributed by atoms with Gasteiger partial charge in [-0.3, -0.25) is 9.78 Å². The molecule has 0 aliphatic carbocycles. The molecule has 0 unspecified atom stereocenters. The summed E-state index contributed by atoms with van der Waals surface area (Å²) in [5.41, 5.74) is 6.18. The van der Waals surface area contributed by atoms with Crippen molar-refractivity contribution in [1.29, 1.82) is 0 Å². The Balaban J connectivity index is 0.00000162. The minimum atomic E-state index is -0.212. The summed E-state index contributed by atoms with van der Waals surface area (Å²) < 4.78 is 5.31. The van der Waals surface area contributed by atoms with Crippen molar-refractivity contribution in [3.8, 4) is 0 Å². The van der Waals surface area contributed by atoms with Crippen molar-refractivity contribution in [2.75, 3.05) is 11.9 Å². The van der Waals surface area contributed by atoms with Gasteiger partial charge in [0, 0.05) is 25.1 Å². The Bertz CT molecular complexity index is 517. The molecule has 2 heterocycles. The molecule has 0 fully saturated rings. The fourth-order valence-electron chi connectivity index (χ4n) is 1.45. The molecule has 0 aliphatic heterocycles. The second kappa shape index (κ2) is 7.78. The predicted octanol–water partition coefficient (Wildman–Crippen LogP) is 2.25. The highest BCUT2D eigenvalue weighted by atomic mass is 35.5. The molecule has 0 spiro atoms. The van der Waals surface area contributed by atoms with Crippen LogP contribution in [0.1, 0.15) is 16.3 Å². The first-order valence-electron chi connectivity index (χ1n) is 5.19. The number of amides is 1. The van der Waals surface area contributed by atoms with Crippen LogP contribution >= 0.6 is 24.8 Å². The lowest BCUT2D eigenvalue weighted by Gasteiger charge is -2.15. The van der Waals surface area contributed by atoms with E-state index in [2.05, 4.69) is 4.98 Å². The maximum atomic E-state index is 12.0. The molecule has 2 rings (SSSR count). The molecule has 19 heavy (non-hydrogen) atoms.